The maximum Gasteiger partial charge on any atom is 0.200 e. The normalized spacial score (nSPS) is 26.1. The molecule has 21 heavy (non-hydrogen) atoms. The van der Waals surface area contributed by atoms with Gasteiger partial charge in [0.15, 0.2) is 8.32 Å². The Morgan fingerprint density at radius 2 is 1.48 bits per heavy atom. The zero-order valence-corrected chi connectivity index (χ0v) is 16.4. The average molecular weight is 315 g/mol. The molecule has 1 rings (SSSR count). The zero-order chi connectivity index (χ0) is 16.3. The molecule has 0 aromatic heterocycles. The Labute approximate surface area is 133 Å². The van der Waals surface area contributed by atoms with Gasteiger partial charge in [-0.1, -0.05) is 54.4 Å². The van der Waals surface area contributed by atoms with Gasteiger partial charge in [0.25, 0.3) is 0 Å². The third kappa shape index (κ3) is 4.80. The summed E-state index contributed by atoms with van der Waals surface area (Å²) < 4.78 is 6.57. The highest BCUT2D eigenvalue weighted by Gasteiger charge is 2.47. The maximum atomic E-state index is 9.77. The third-order valence-corrected chi connectivity index (χ3v) is 11.8. The van der Waals surface area contributed by atoms with E-state index in [1.807, 2.05) is 6.92 Å². The van der Waals surface area contributed by atoms with E-state index in [-0.39, 0.29) is 5.60 Å². The standard InChI is InChI=1S/C18H38O2Si/c1-14(2)21(15(3)4,16(5)6)20-12-10-8-9-11-17-13-18(17,7)19/h14-17,19H,8-13H2,1-7H3/t17-,18-/m1/s1. The molecule has 3 heteroatoms. The van der Waals surface area contributed by atoms with E-state index in [0.29, 0.717) is 22.5 Å². The first kappa shape index (κ1) is 19.2. The predicted molar refractivity (Wildman–Crippen MR) is 94.2 cm³/mol. The van der Waals surface area contributed by atoms with Crippen molar-refractivity contribution >= 4 is 8.32 Å². The van der Waals surface area contributed by atoms with Crippen LogP contribution in [0.15, 0.2) is 0 Å². The summed E-state index contributed by atoms with van der Waals surface area (Å²) in [6.07, 6.45) is 5.85. The van der Waals surface area contributed by atoms with Gasteiger partial charge in [0.2, 0.25) is 0 Å². The molecule has 0 radical (unpaired) electrons. The van der Waals surface area contributed by atoms with Crippen molar-refractivity contribution in [2.45, 2.75) is 103 Å². The smallest absolute Gasteiger partial charge is 0.200 e. The number of hydrogen-bond donors (Lipinski definition) is 1. The van der Waals surface area contributed by atoms with E-state index in [1.165, 1.54) is 25.7 Å². The number of rotatable bonds is 10. The molecule has 0 heterocycles. The molecule has 1 fully saturated rings. The molecule has 2 atom stereocenters. The van der Waals surface area contributed by atoms with Crippen LogP contribution in [0, 0.1) is 5.92 Å². The van der Waals surface area contributed by atoms with Gasteiger partial charge in [-0.2, -0.15) is 0 Å². The lowest BCUT2D eigenvalue weighted by atomic mass is 10.1. The molecule has 1 aliphatic carbocycles. The molecular weight excluding hydrogens is 276 g/mol. The summed E-state index contributed by atoms with van der Waals surface area (Å²) >= 11 is 0. The maximum absolute atomic E-state index is 9.77. The molecule has 2 nitrogen and oxygen atoms in total. The summed E-state index contributed by atoms with van der Waals surface area (Å²) in [6.45, 7) is 17.0. The quantitative estimate of drug-likeness (QED) is 0.425. The highest BCUT2D eigenvalue weighted by atomic mass is 28.4. The van der Waals surface area contributed by atoms with Crippen LogP contribution in [-0.4, -0.2) is 25.6 Å². The Morgan fingerprint density at radius 1 is 1.00 bits per heavy atom. The Morgan fingerprint density at radius 3 is 1.86 bits per heavy atom. The summed E-state index contributed by atoms with van der Waals surface area (Å²) in [6, 6.07) is 0. The minimum Gasteiger partial charge on any atom is -0.416 e. The molecule has 0 aliphatic heterocycles. The topological polar surface area (TPSA) is 29.5 Å². The van der Waals surface area contributed by atoms with Crippen LogP contribution in [-0.2, 0) is 4.43 Å². The van der Waals surface area contributed by atoms with Crippen molar-refractivity contribution in [2.24, 2.45) is 5.92 Å². The Balaban J connectivity index is 2.27. The van der Waals surface area contributed by atoms with E-state index in [1.54, 1.807) is 0 Å². The van der Waals surface area contributed by atoms with Gasteiger partial charge in [0.1, 0.15) is 0 Å². The van der Waals surface area contributed by atoms with Crippen molar-refractivity contribution in [3.8, 4) is 0 Å². The summed E-state index contributed by atoms with van der Waals surface area (Å²) in [5.74, 6) is 0.564. The van der Waals surface area contributed by atoms with E-state index >= 15 is 0 Å². The molecular formula is C18H38O2Si. The van der Waals surface area contributed by atoms with Crippen molar-refractivity contribution < 1.29 is 9.53 Å². The van der Waals surface area contributed by atoms with Crippen LogP contribution < -0.4 is 0 Å². The zero-order valence-electron chi connectivity index (χ0n) is 15.4. The molecule has 1 aliphatic rings. The van der Waals surface area contributed by atoms with Crippen LogP contribution in [0.2, 0.25) is 16.6 Å². The summed E-state index contributed by atoms with van der Waals surface area (Å²) in [5, 5.41) is 9.77. The van der Waals surface area contributed by atoms with Crippen LogP contribution in [0.1, 0.15) is 80.6 Å². The Kier molecular flexibility index (Phi) is 6.95. The SMILES string of the molecule is CC(C)[Si](OCCCCC[C@@H]1C[C@@]1(C)O)(C(C)C)C(C)C. The van der Waals surface area contributed by atoms with Gasteiger partial charge < -0.3 is 9.53 Å². The monoisotopic (exact) mass is 314 g/mol. The molecule has 1 saturated carbocycles. The highest BCUT2D eigenvalue weighted by Crippen LogP contribution is 2.46. The first-order valence-corrected chi connectivity index (χ1v) is 11.1. The molecule has 0 amide bonds. The predicted octanol–water partition coefficient (Wildman–Crippen LogP) is 5.51. The van der Waals surface area contributed by atoms with Gasteiger partial charge in [-0.25, -0.2) is 0 Å². The first-order valence-electron chi connectivity index (χ1n) is 9.01. The Bertz CT molecular complexity index is 289. The van der Waals surface area contributed by atoms with Crippen molar-refractivity contribution in [3.63, 3.8) is 0 Å². The molecule has 0 aromatic carbocycles. The highest BCUT2D eigenvalue weighted by molar-refractivity contribution is 6.77. The van der Waals surface area contributed by atoms with E-state index in [4.69, 9.17) is 4.43 Å². The van der Waals surface area contributed by atoms with E-state index in [2.05, 4.69) is 41.5 Å². The van der Waals surface area contributed by atoms with Crippen LogP contribution in [0.4, 0.5) is 0 Å². The molecule has 0 saturated heterocycles. The summed E-state index contributed by atoms with van der Waals surface area (Å²) in [7, 11) is -1.66. The van der Waals surface area contributed by atoms with Gasteiger partial charge >= 0.3 is 0 Å². The fraction of sp³-hybridized carbons (Fsp3) is 1.00. The molecule has 1 N–H and O–H groups in total. The third-order valence-electron chi connectivity index (χ3n) is 5.64. The Hall–Kier alpha value is 0.137. The average Bonchev–Trinajstić information content (AvgIpc) is 2.94. The number of hydrogen-bond acceptors (Lipinski definition) is 2. The van der Waals surface area contributed by atoms with Crippen molar-refractivity contribution in [1.82, 2.24) is 0 Å². The van der Waals surface area contributed by atoms with Crippen LogP contribution >= 0.6 is 0 Å². The van der Waals surface area contributed by atoms with Crippen molar-refractivity contribution in [1.29, 1.82) is 0 Å². The summed E-state index contributed by atoms with van der Waals surface area (Å²) in [5.41, 5.74) is 1.70. The molecule has 0 bridgehead atoms. The van der Waals surface area contributed by atoms with Crippen LogP contribution in [0.5, 0.6) is 0 Å². The van der Waals surface area contributed by atoms with Crippen LogP contribution in [0.3, 0.4) is 0 Å². The van der Waals surface area contributed by atoms with Gasteiger partial charge in [-0.3, -0.25) is 0 Å². The fourth-order valence-electron chi connectivity index (χ4n) is 4.27. The second kappa shape index (κ2) is 7.61. The van der Waals surface area contributed by atoms with Gasteiger partial charge in [0.05, 0.1) is 5.60 Å². The van der Waals surface area contributed by atoms with Crippen LogP contribution in [0.25, 0.3) is 0 Å². The second-order valence-electron chi connectivity index (χ2n) is 8.27. The number of aliphatic hydroxyl groups is 1. The fourth-order valence-corrected chi connectivity index (χ4v) is 9.77. The van der Waals surface area contributed by atoms with Gasteiger partial charge in [-0.05, 0) is 48.7 Å². The van der Waals surface area contributed by atoms with Gasteiger partial charge in [-0.15, -0.1) is 0 Å². The molecule has 126 valence electrons. The van der Waals surface area contributed by atoms with E-state index in [9.17, 15) is 5.11 Å². The number of unbranched alkanes of at least 4 members (excludes halogenated alkanes) is 2. The largest absolute Gasteiger partial charge is 0.416 e. The molecule has 0 aromatic rings. The summed E-state index contributed by atoms with van der Waals surface area (Å²) in [4.78, 5) is 0. The van der Waals surface area contributed by atoms with Crippen molar-refractivity contribution in [3.05, 3.63) is 0 Å². The molecule has 0 spiro atoms. The second-order valence-corrected chi connectivity index (χ2v) is 13.7. The lowest BCUT2D eigenvalue weighted by Crippen LogP contribution is -2.47. The van der Waals surface area contributed by atoms with Crippen molar-refractivity contribution in [2.75, 3.05) is 6.61 Å². The molecule has 0 unspecified atom stereocenters. The lowest BCUT2D eigenvalue weighted by Gasteiger charge is -2.42. The first-order chi connectivity index (χ1) is 9.64. The lowest BCUT2D eigenvalue weighted by molar-refractivity contribution is 0.149. The minimum atomic E-state index is -1.66. The minimum absolute atomic E-state index is 0.342. The van der Waals surface area contributed by atoms with E-state index < -0.39 is 8.32 Å². The van der Waals surface area contributed by atoms with Gasteiger partial charge in [0, 0.05) is 6.61 Å². The van der Waals surface area contributed by atoms with E-state index in [0.717, 1.165) is 13.0 Å².